The van der Waals surface area contributed by atoms with Crippen LogP contribution in [-0.4, -0.2) is 4.98 Å². The number of fused-ring (bicyclic) bond motifs is 1. The molecule has 1 aromatic carbocycles. The number of nitrogens with one attached hydrogen (secondary N) is 1. The molecule has 0 atom stereocenters. The molecule has 0 unspecified atom stereocenters. The van der Waals surface area contributed by atoms with Crippen LogP contribution in [0, 0.1) is 12.3 Å². The molecule has 0 fully saturated rings. The average Bonchev–Trinajstić information content (AvgIpc) is 3.15. The summed E-state index contributed by atoms with van der Waals surface area (Å²) in [5.41, 5.74) is 6.73. The standard InChI is InChI=1S/C16H22N.C8H9.2ClH.Zr/c1-15(2,3)11-8-7-9-13-14(11)12(10-17-13)16(4,5)6;1-7(2)8-5-3-4-6-8;;;/h7-9,17H,1-6H3;3-5H,1-2H3;2*1H;/q2*-1;;;+4/p-2. The second-order valence-corrected chi connectivity index (χ2v) is 8.94. The Morgan fingerprint density at radius 2 is 1.54 bits per heavy atom. The Kier molecular flexibility index (Phi) is 12.3. The number of allylic oxidation sites excluding steroid dienone is 6. The molecule has 28 heavy (non-hydrogen) atoms. The minimum Gasteiger partial charge on any atom is -1.00 e. The molecule has 1 aromatic heterocycles. The van der Waals surface area contributed by atoms with Crippen LogP contribution in [-0.2, 0) is 37.0 Å². The topological polar surface area (TPSA) is 15.8 Å². The van der Waals surface area contributed by atoms with Crippen LogP contribution in [0.2, 0.25) is 0 Å². The van der Waals surface area contributed by atoms with Gasteiger partial charge in [-0.15, -0.1) is 40.4 Å². The van der Waals surface area contributed by atoms with E-state index in [0.29, 0.717) is 0 Å². The first kappa shape index (κ1) is 29.6. The Balaban J connectivity index is 0. The Morgan fingerprint density at radius 1 is 0.929 bits per heavy atom. The molecule has 0 spiro atoms. The first-order valence-corrected chi connectivity index (χ1v) is 8.99. The van der Waals surface area contributed by atoms with E-state index in [9.17, 15) is 0 Å². The Morgan fingerprint density at radius 3 is 1.93 bits per heavy atom. The summed E-state index contributed by atoms with van der Waals surface area (Å²) in [7, 11) is 0. The van der Waals surface area contributed by atoms with Crippen LogP contribution < -0.4 is 24.8 Å². The van der Waals surface area contributed by atoms with Gasteiger partial charge in [0.05, 0.1) is 0 Å². The van der Waals surface area contributed by atoms with E-state index < -0.39 is 0 Å². The van der Waals surface area contributed by atoms with Crippen LogP contribution in [0.25, 0.3) is 10.9 Å². The molecule has 3 rings (SSSR count). The molecule has 0 amide bonds. The molecule has 0 aliphatic heterocycles. The number of benzene rings is 1. The number of rotatable bonds is 0. The summed E-state index contributed by atoms with van der Waals surface area (Å²) in [4.78, 5) is 3.28. The summed E-state index contributed by atoms with van der Waals surface area (Å²) in [6.45, 7) is 17.7. The molecule has 2 aromatic rings. The second kappa shape index (κ2) is 11.6. The third kappa shape index (κ3) is 7.36. The van der Waals surface area contributed by atoms with Gasteiger partial charge >= 0.3 is 26.2 Å². The van der Waals surface area contributed by atoms with E-state index in [0.717, 1.165) is 0 Å². The van der Waals surface area contributed by atoms with Crippen molar-refractivity contribution in [2.45, 2.75) is 66.2 Å². The van der Waals surface area contributed by atoms with Crippen LogP contribution >= 0.6 is 0 Å². The van der Waals surface area contributed by atoms with Gasteiger partial charge in [-0.25, -0.2) is 0 Å². The Hall–Kier alpha value is -0.557. The van der Waals surface area contributed by atoms with Gasteiger partial charge in [-0.2, -0.15) is 23.8 Å². The number of halogens is 2. The molecule has 1 aliphatic carbocycles. The van der Waals surface area contributed by atoms with Crippen molar-refractivity contribution in [3.05, 3.63) is 71.0 Å². The zero-order chi connectivity index (χ0) is 18.8. The van der Waals surface area contributed by atoms with Gasteiger partial charge in [0.2, 0.25) is 0 Å². The van der Waals surface area contributed by atoms with Crippen LogP contribution in [0.3, 0.4) is 0 Å². The molecule has 0 bridgehead atoms. The predicted molar refractivity (Wildman–Crippen MR) is 110 cm³/mol. The molecule has 4 heteroatoms. The monoisotopic (exact) mass is 493 g/mol. The summed E-state index contributed by atoms with van der Waals surface area (Å²) < 4.78 is 0. The zero-order valence-corrected chi connectivity index (χ0v) is 22.2. The maximum atomic E-state index is 3.34. The quantitative estimate of drug-likeness (QED) is 0.521. The van der Waals surface area contributed by atoms with Gasteiger partial charge in [0.15, 0.2) is 0 Å². The van der Waals surface area contributed by atoms with Gasteiger partial charge < -0.3 is 29.8 Å². The second-order valence-electron chi connectivity index (χ2n) is 8.94. The van der Waals surface area contributed by atoms with Crippen molar-refractivity contribution in [3.8, 4) is 0 Å². The van der Waals surface area contributed by atoms with Crippen molar-refractivity contribution < 1.29 is 51.0 Å². The molecule has 1 aliphatic rings. The average molecular weight is 496 g/mol. The molecular weight excluding hydrogens is 464 g/mol. The first-order valence-electron chi connectivity index (χ1n) is 8.99. The number of aromatic amines is 1. The van der Waals surface area contributed by atoms with E-state index >= 15 is 0 Å². The van der Waals surface area contributed by atoms with Crippen LogP contribution in [0.1, 0.15) is 66.5 Å². The SMILES string of the molecule is CC(C)(C)c1[c-][nH]c2cccc(C(C)(C)C)c12.CC(C)=C1[C-]=CC=C1.[Cl-].[Cl-].[Zr+4]. The maximum Gasteiger partial charge on any atom is 4.00 e. The fourth-order valence-corrected chi connectivity index (χ4v) is 2.95. The predicted octanol–water partition coefficient (Wildman–Crippen LogP) is 0.821. The number of hydrogen-bond acceptors (Lipinski definition) is 0. The van der Waals surface area contributed by atoms with Crippen molar-refractivity contribution in [2.75, 3.05) is 0 Å². The van der Waals surface area contributed by atoms with Crippen molar-refractivity contribution in [1.82, 2.24) is 4.98 Å². The molecule has 0 saturated carbocycles. The third-order valence-corrected chi connectivity index (χ3v) is 4.33. The van der Waals surface area contributed by atoms with Crippen molar-refractivity contribution in [2.24, 2.45) is 0 Å². The molecule has 1 nitrogen and oxygen atoms in total. The number of H-pyrrole nitrogens is 1. The van der Waals surface area contributed by atoms with E-state index in [-0.39, 0.29) is 61.8 Å². The van der Waals surface area contributed by atoms with Crippen molar-refractivity contribution in [3.63, 3.8) is 0 Å². The van der Waals surface area contributed by atoms with Gasteiger partial charge in [0.1, 0.15) is 0 Å². The van der Waals surface area contributed by atoms with Gasteiger partial charge in [0, 0.05) is 0 Å². The number of hydrogen-bond donors (Lipinski definition) is 1. The van der Waals surface area contributed by atoms with Crippen LogP contribution in [0.15, 0.2) is 47.6 Å². The number of aromatic nitrogens is 1. The van der Waals surface area contributed by atoms with Gasteiger partial charge in [-0.3, -0.25) is 0 Å². The zero-order valence-electron chi connectivity index (χ0n) is 18.2. The van der Waals surface area contributed by atoms with E-state index in [1.807, 2.05) is 12.2 Å². The molecule has 150 valence electrons. The fourth-order valence-electron chi connectivity index (χ4n) is 2.95. The van der Waals surface area contributed by atoms with E-state index in [1.165, 1.54) is 33.2 Å². The van der Waals surface area contributed by atoms with Crippen LogP contribution in [0.4, 0.5) is 0 Å². The third-order valence-electron chi connectivity index (χ3n) is 4.33. The molecule has 1 heterocycles. The fraction of sp³-hybridized carbons (Fsp3) is 0.417. The Labute approximate surface area is 203 Å². The smallest absolute Gasteiger partial charge is 1.00 e. The minimum absolute atomic E-state index is 0. The molecule has 0 radical (unpaired) electrons. The Bertz CT molecular complexity index is 826. The van der Waals surface area contributed by atoms with Gasteiger partial charge in [-0.1, -0.05) is 73.1 Å². The molecule has 0 saturated heterocycles. The first-order chi connectivity index (χ1) is 11.5. The van der Waals surface area contributed by atoms with E-state index in [4.69, 9.17) is 0 Å². The summed E-state index contributed by atoms with van der Waals surface area (Å²) in [5, 5.41) is 1.35. The normalized spacial score (nSPS) is 12.5. The van der Waals surface area contributed by atoms with Crippen molar-refractivity contribution >= 4 is 10.9 Å². The van der Waals surface area contributed by atoms with E-state index in [2.05, 4.69) is 96.9 Å². The minimum atomic E-state index is 0. The van der Waals surface area contributed by atoms with Crippen LogP contribution in [0.5, 0.6) is 0 Å². The summed E-state index contributed by atoms with van der Waals surface area (Å²) in [5.74, 6) is 0. The maximum absolute atomic E-state index is 3.34. The molecule has 1 N–H and O–H groups in total. The van der Waals surface area contributed by atoms with Gasteiger partial charge in [0.25, 0.3) is 0 Å². The van der Waals surface area contributed by atoms with Gasteiger partial charge in [-0.05, 0) is 10.8 Å². The van der Waals surface area contributed by atoms with E-state index in [1.54, 1.807) is 0 Å². The summed E-state index contributed by atoms with van der Waals surface area (Å²) in [6.07, 6.45) is 12.4. The summed E-state index contributed by atoms with van der Waals surface area (Å²) in [6, 6.07) is 6.50. The van der Waals surface area contributed by atoms with Crippen molar-refractivity contribution in [1.29, 1.82) is 0 Å². The largest absolute Gasteiger partial charge is 4.00 e. The summed E-state index contributed by atoms with van der Waals surface area (Å²) >= 11 is 0. The molecular formula is C24H31Cl2NZr.